The van der Waals surface area contributed by atoms with Crippen molar-refractivity contribution in [2.75, 3.05) is 13.2 Å². The van der Waals surface area contributed by atoms with E-state index < -0.39 is 5.97 Å². The number of hydrogen-bond acceptors (Lipinski definition) is 5. The zero-order chi connectivity index (χ0) is 32.7. The lowest BCUT2D eigenvalue weighted by Gasteiger charge is -2.06. The number of unbranched alkanes of at least 4 members (excludes halogenated alkanes) is 11. The van der Waals surface area contributed by atoms with Gasteiger partial charge < -0.3 is 14.2 Å². The minimum absolute atomic E-state index is 0.128. The van der Waals surface area contributed by atoms with Crippen LogP contribution in [-0.4, -0.2) is 25.0 Å². The van der Waals surface area contributed by atoms with Crippen molar-refractivity contribution in [1.29, 1.82) is 0 Å². The third-order valence-electron chi connectivity index (χ3n) is 7.74. The van der Waals surface area contributed by atoms with Gasteiger partial charge in [0.1, 0.15) is 17.2 Å². The summed E-state index contributed by atoms with van der Waals surface area (Å²) in [4.78, 5) is 25.0. The molecule has 0 atom stereocenters. The maximum Gasteiger partial charge on any atom is 0.336 e. The van der Waals surface area contributed by atoms with Gasteiger partial charge in [0.25, 0.3) is 0 Å². The SMILES string of the molecule is CCCCCCCCCCOc1ccc(/C=C/C(=O)c2ccc(OC(=O)/C=C/c3ccc(OCCCCCCC)cc3)cc2)cc1. The summed E-state index contributed by atoms with van der Waals surface area (Å²) < 4.78 is 17.1. The topological polar surface area (TPSA) is 61.8 Å². The maximum absolute atomic E-state index is 12.7. The van der Waals surface area contributed by atoms with Gasteiger partial charge in [0.05, 0.1) is 13.2 Å². The van der Waals surface area contributed by atoms with Gasteiger partial charge in [0.2, 0.25) is 0 Å². The van der Waals surface area contributed by atoms with E-state index in [0.29, 0.717) is 11.3 Å². The molecule has 3 aromatic rings. The van der Waals surface area contributed by atoms with E-state index in [1.165, 1.54) is 76.7 Å². The van der Waals surface area contributed by atoms with E-state index in [2.05, 4.69) is 13.8 Å². The second-order valence-electron chi connectivity index (χ2n) is 11.7. The molecule has 0 radical (unpaired) electrons. The molecule has 46 heavy (non-hydrogen) atoms. The largest absolute Gasteiger partial charge is 0.494 e. The fourth-order valence-electron chi connectivity index (χ4n) is 4.94. The standard InChI is InChI=1S/C41H52O5/c1-3-5-7-9-10-11-13-15-33-45-37-24-16-34(17-25-37)20-30-40(42)36-22-28-39(29-23-36)46-41(43)31-21-35-18-26-38(27-19-35)44-32-14-12-8-6-4-2/h16-31H,3-15,32-33H2,1-2H3/b30-20+,31-21+. The molecule has 0 amide bonds. The number of carbonyl (C=O) groups is 2. The van der Waals surface area contributed by atoms with Gasteiger partial charge in [-0.3, -0.25) is 4.79 Å². The van der Waals surface area contributed by atoms with Crippen molar-refractivity contribution in [1.82, 2.24) is 0 Å². The predicted molar refractivity (Wildman–Crippen MR) is 190 cm³/mol. The number of allylic oxidation sites excluding steroid dienone is 1. The van der Waals surface area contributed by atoms with E-state index in [1.807, 2.05) is 48.5 Å². The van der Waals surface area contributed by atoms with Crippen LogP contribution in [0.3, 0.4) is 0 Å². The molecule has 0 aromatic heterocycles. The van der Waals surface area contributed by atoms with E-state index in [-0.39, 0.29) is 5.78 Å². The van der Waals surface area contributed by atoms with Crippen molar-refractivity contribution in [2.45, 2.75) is 97.3 Å². The number of ether oxygens (including phenoxy) is 3. The molecule has 0 fully saturated rings. The molecule has 5 nitrogen and oxygen atoms in total. The Balaban J connectivity index is 1.35. The lowest BCUT2D eigenvalue weighted by molar-refractivity contribution is -0.128. The Kier molecular flexibility index (Phi) is 17.7. The summed E-state index contributed by atoms with van der Waals surface area (Å²) >= 11 is 0. The van der Waals surface area contributed by atoms with Crippen LogP contribution in [0.4, 0.5) is 0 Å². The lowest BCUT2D eigenvalue weighted by atomic mass is 10.1. The highest BCUT2D eigenvalue weighted by molar-refractivity contribution is 6.06. The van der Waals surface area contributed by atoms with Crippen LogP contribution in [0.1, 0.15) is 119 Å². The van der Waals surface area contributed by atoms with Crippen LogP contribution in [0.5, 0.6) is 17.2 Å². The second kappa shape index (κ2) is 22.4. The minimum atomic E-state index is -0.489. The van der Waals surface area contributed by atoms with Crippen molar-refractivity contribution in [3.8, 4) is 17.2 Å². The fourth-order valence-corrected chi connectivity index (χ4v) is 4.94. The Morgan fingerprint density at radius 3 is 1.39 bits per heavy atom. The highest BCUT2D eigenvalue weighted by atomic mass is 16.5. The predicted octanol–water partition coefficient (Wildman–Crippen LogP) is 11.1. The highest BCUT2D eigenvalue weighted by Crippen LogP contribution is 2.18. The molecule has 5 heteroatoms. The van der Waals surface area contributed by atoms with Crippen LogP contribution in [0.25, 0.3) is 12.2 Å². The molecule has 3 rings (SSSR count). The van der Waals surface area contributed by atoms with Crippen LogP contribution >= 0.6 is 0 Å². The summed E-state index contributed by atoms with van der Waals surface area (Å²) in [6, 6.07) is 22.0. The van der Waals surface area contributed by atoms with Crippen molar-refractivity contribution in [3.05, 3.63) is 102 Å². The first-order valence-corrected chi connectivity index (χ1v) is 17.3. The lowest BCUT2D eigenvalue weighted by Crippen LogP contribution is -2.04. The number of rotatable bonds is 23. The number of benzene rings is 3. The first-order valence-electron chi connectivity index (χ1n) is 17.3. The van der Waals surface area contributed by atoms with Gasteiger partial charge in [0.15, 0.2) is 5.78 Å². The molecular weight excluding hydrogens is 572 g/mol. The van der Waals surface area contributed by atoms with Gasteiger partial charge in [0, 0.05) is 11.6 Å². The minimum Gasteiger partial charge on any atom is -0.494 e. The van der Waals surface area contributed by atoms with Gasteiger partial charge in [-0.1, -0.05) is 115 Å². The van der Waals surface area contributed by atoms with Gasteiger partial charge in [-0.15, -0.1) is 0 Å². The maximum atomic E-state index is 12.7. The molecule has 0 saturated heterocycles. The summed E-state index contributed by atoms with van der Waals surface area (Å²) in [6.07, 6.45) is 22.7. The summed E-state index contributed by atoms with van der Waals surface area (Å²) in [6.45, 7) is 5.90. The molecule has 0 heterocycles. The van der Waals surface area contributed by atoms with Crippen LogP contribution in [0.2, 0.25) is 0 Å². The Morgan fingerprint density at radius 1 is 0.500 bits per heavy atom. The van der Waals surface area contributed by atoms with Crippen molar-refractivity contribution >= 4 is 23.9 Å². The number of ketones is 1. The number of esters is 1. The molecule has 0 unspecified atom stereocenters. The van der Waals surface area contributed by atoms with Crippen LogP contribution in [0.15, 0.2) is 84.9 Å². The zero-order valence-corrected chi connectivity index (χ0v) is 27.9. The average molecular weight is 625 g/mol. The average Bonchev–Trinajstić information content (AvgIpc) is 3.08. The van der Waals surface area contributed by atoms with Gasteiger partial charge in [-0.25, -0.2) is 4.79 Å². The Morgan fingerprint density at radius 2 is 0.913 bits per heavy atom. The van der Waals surface area contributed by atoms with Crippen LogP contribution in [0, 0.1) is 0 Å². The van der Waals surface area contributed by atoms with Crippen molar-refractivity contribution < 1.29 is 23.8 Å². The Hall–Kier alpha value is -4.12. The first kappa shape index (κ1) is 36.3. The summed E-state index contributed by atoms with van der Waals surface area (Å²) in [5, 5.41) is 0. The number of carbonyl (C=O) groups excluding carboxylic acids is 2. The van der Waals surface area contributed by atoms with Gasteiger partial charge in [-0.2, -0.15) is 0 Å². The zero-order valence-electron chi connectivity index (χ0n) is 27.9. The molecule has 0 N–H and O–H groups in total. The van der Waals surface area contributed by atoms with E-state index >= 15 is 0 Å². The van der Waals surface area contributed by atoms with E-state index in [1.54, 1.807) is 42.5 Å². The summed E-state index contributed by atoms with van der Waals surface area (Å²) in [5.74, 6) is 1.43. The number of hydrogen-bond donors (Lipinski definition) is 0. The highest BCUT2D eigenvalue weighted by Gasteiger charge is 2.05. The van der Waals surface area contributed by atoms with Gasteiger partial charge in [-0.05, 0) is 84.7 Å². The molecule has 0 aliphatic heterocycles. The van der Waals surface area contributed by atoms with Crippen molar-refractivity contribution in [2.24, 2.45) is 0 Å². The van der Waals surface area contributed by atoms with Crippen LogP contribution < -0.4 is 14.2 Å². The fraction of sp³-hybridized carbons (Fsp3) is 0.415. The van der Waals surface area contributed by atoms with E-state index in [4.69, 9.17) is 14.2 Å². The monoisotopic (exact) mass is 624 g/mol. The normalized spacial score (nSPS) is 11.3. The first-order chi connectivity index (χ1) is 22.6. The molecular formula is C41H52O5. The van der Waals surface area contributed by atoms with Crippen LogP contribution in [-0.2, 0) is 4.79 Å². The molecule has 3 aromatic carbocycles. The van der Waals surface area contributed by atoms with E-state index in [0.717, 1.165) is 48.7 Å². The second-order valence-corrected chi connectivity index (χ2v) is 11.7. The molecule has 246 valence electrons. The third-order valence-corrected chi connectivity index (χ3v) is 7.74. The summed E-state index contributed by atoms with van der Waals surface area (Å²) in [7, 11) is 0. The Labute approximate surface area is 276 Å². The molecule has 0 aliphatic rings. The third kappa shape index (κ3) is 15.2. The molecule has 0 spiro atoms. The quantitative estimate of drug-likeness (QED) is 0.0345. The Bertz CT molecular complexity index is 1320. The summed E-state index contributed by atoms with van der Waals surface area (Å²) in [5.41, 5.74) is 2.31. The molecule has 0 saturated carbocycles. The molecule has 0 bridgehead atoms. The molecule has 0 aliphatic carbocycles. The van der Waals surface area contributed by atoms with E-state index in [9.17, 15) is 9.59 Å². The van der Waals surface area contributed by atoms with Gasteiger partial charge >= 0.3 is 5.97 Å². The smallest absolute Gasteiger partial charge is 0.336 e. The van der Waals surface area contributed by atoms with Crippen molar-refractivity contribution in [3.63, 3.8) is 0 Å².